The molecule has 0 aliphatic heterocycles. The molecule has 2 N–H and O–H groups in total. The average Bonchev–Trinajstić information content (AvgIpc) is 2.32. The third kappa shape index (κ3) is 4.78. The number of aryl methyl sites for hydroxylation is 2. The minimum Gasteiger partial charge on any atom is -0.494 e. The summed E-state index contributed by atoms with van der Waals surface area (Å²) in [5.74, 6) is 1.03. The lowest BCUT2D eigenvalue weighted by molar-refractivity contribution is 0.336. The van der Waals surface area contributed by atoms with Gasteiger partial charge in [0.2, 0.25) is 0 Å². The fourth-order valence-corrected chi connectivity index (χ4v) is 1.96. The van der Waals surface area contributed by atoms with Crippen LogP contribution >= 0.6 is 0 Å². The van der Waals surface area contributed by atoms with Crippen LogP contribution in [-0.4, -0.2) is 12.6 Å². The first-order chi connectivity index (χ1) is 8.17. The zero-order chi connectivity index (χ0) is 12.7. The third-order valence-corrected chi connectivity index (χ3v) is 3.06. The van der Waals surface area contributed by atoms with E-state index in [4.69, 9.17) is 10.5 Å². The molecule has 0 radical (unpaired) electrons. The Hall–Kier alpha value is -1.02. The maximum absolute atomic E-state index is 5.93. The normalized spacial score (nSPS) is 12.5. The third-order valence-electron chi connectivity index (χ3n) is 3.06. The molecule has 0 aromatic heterocycles. The van der Waals surface area contributed by atoms with Gasteiger partial charge in [-0.3, -0.25) is 0 Å². The van der Waals surface area contributed by atoms with Crippen molar-refractivity contribution in [1.82, 2.24) is 0 Å². The molecule has 1 aromatic rings. The highest BCUT2D eigenvalue weighted by Crippen LogP contribution is 2.22. The number of rotatable bonds is 7. The Morgan fingerprint density at radius 2 is 2.06 bits per heavy atom. The second kappa shape index (κ2) is 7.33. The van der Waals surface area contributed by atoms with Gasteiger partial charge in [-0.25, -0.2) is 0 Å². The minimum atomic E-state index is 0.343. The van der Waals surface area contributed by atoms with Crippen molar-refractivity contribution in [2.45, 2.75) is 52.5 Å². The van der Waals surface area contributed by atoms with Crippen molar-refractivity contribution in [2.24, 2.45) is 5.73 Å². The topological polar surface area (TPSA) is 35.2 Å². The van der Waals surface area contributed by atoms with Gasteiger partial charge >= 0.3 is 0 Å². The standard InChI is InChI=1S/C15H25NO/c1-4-14(16)8-6-7-13-11-12(3)9-10-15(13)17-5-2/h9-11,14H,4-8,16H2,1-3H3. The molecule has 0 spiro atoms. The first-order valence-electron chi connectivity index (χ1n) is 6.65. The number of hydrogen-bond donors (Lipinski definition) is 1. The average molecular weight is 235 g/mol. The Kier molecular flexibility index (Phi) is 6.06. The summed E-state index contributed by atoms with van der Waals surface area (Å²) in [5.41, 5.74) is 8.54. The molecule has 0 aliphatic carbocycles. The van der Waals surface area contributed by atoms with Crippen molar-refractivity contribution in [3.8, 4) is 5.75 Å². The lowest BCUT2D eigenvalue weighted by Crippen LogP contribution is -2.18. The molecule has 0 fully saturated rings. The van der Waals surface area contributed by atoms with Gasteiger partial charge in [0.25, 0.3) is 0 Å². The van der Waals surface area contributed by atoms with E-state index < -0.39 is 0 Å². The van der Waals surface area contributed by atoms with Gasteiger partial charge in [0.15, 0.2) is 0 Å². The van der Waals surface area contributed by atoms with Crippen LogP contribution in [0.15, 0.2) is 18.2 Å². The lowest BCUT2D eigenvalue weighted by atomic mass is 10.0. The number of nitrogens with two attached hydrogens (primary N) is 1. The van der Waals surface area contributed by atoms with Gasteiger partial charge in [-0.2, -0.15) is 0 Å². The van der Waals surface area contributed by atoms with Crippen molar-refractivity contribution < 1.29 is 4.74 Å². The molecule has 2 heteroatoms. The van der Waals surface area contributed by atoms with Crippen LogP contribution in [0.2, 0.25) is 0 Å². The van der Waals surface area contributed by atoms with Crippen LogP contribution in [0.3, 0.4) is 0 Å². The Bertz CT molecular complexity index is 336. The fraction of sp³-hybridized carbons (Fsp3) is 0.600. The molecule has 0 saturated carbocycles. The molecule has 17 heavy (non-hydrogen) atoms. The maximum Gasteiger partial charge on any atom is 0.122 e. The zero-order valence-electron chi connectivity index (χ0n) is 11.3. The van der Waals surface area contributed by atoms with Crippen LogP contribution in [0, 0.1) is 6.92 Å². The first kappa shape index (κ1) is 14.0. The summed E-state index contributed by atoms with van der Waals surface area (Å²) in [7, 11) is 0. The number of benzene rings is 1. The van der Waals surface area contributed by atoms with Gasteiger partial charge in [-0.1, -0.05) is 24.6 Å². The second-order valence-electron chi connectivity index (χ2n) is 4.60. The summed E-state index contributed by atoms with van der Waals surface area (Å²) in [6.45, 7) is 7.02. The molecule has 1 aromatic carbocycles. The zero-order valence-corrected chi connectivity index (χ0v) is 11.3. The van der Waals surface area contributed by atoms with Crippen LogP contribution in [0.1, 0.15) is 44.2 Å². The van der Waals surface area contributed by atoms with Gasteiger partial charge in [0.1, 0.15) is 5.75 Å². The summed E-state index contributed by atoms with van der Waals surface area (Å²) in [5, 5.41) is 0. The molecule has 1 atom stereocenters. The van der Waals surface area contributed by atoms with E-state index in [1.165, 1.54) is 11.1 Å². The van der Waals surface area contributed by atoms with Crippen LogP contribution in [0.5, 0.6) is 5.75 Å². The van der Waals surface area contributed by atoms with E-state index in [2.05, 4.69) is 32.0 Å². The summed E-state index contributed by atoms with van der Waals surface area (Å²) < 4.78 is 5.64. The van der Waals surface area contributed by atoms with Gasteiger partial charge in [-0.15, -0.1) is 0 Å². The molecule has 0 saturated heterocycles. The SMILES string of the molecule is CCOc1ccc(C)cc1CCCC(N)CC. The highest BCUT2D eigenvalue weighted by atomic mass is 16.5. The summed E-state index contributed by atoms with van der Waals surface area (Å²) in [6.07, 6.45) is 4.35. The van der Waals surface area contributed by atoms with E-state index in [1.54, 1.807) is 0 Å². The molecule has 2 nitrogen and oxygen atoms in total. The van der Waals surface area contributed by atoms with E-state index in [9.17, 15) is 0 Å². The first-order valence-corrected chi connectivity index (χ1v) is 6.65. The number of ether oxygens (including phenoxy) is 1. The van der Waals surface area contributed by atoms with Gasteiger partial charge in [0, 0.05) is 6.04 Å². The maximum atomic E-state index is 5.93. The van der Waals surface area contributed by atoms with Crippen molar-refractivity contribution in [3.05, 3.63) is 29.3 Å². The van der Waals surface area contributed by atoms with Crippen molar-refractivity contribution >= 4 is 0 Å². The van der Waals surface area contributed by atoms with Gasteiger partial charge in [0.05, 0.1) is 6.61 Å². The Labute approximate surface area is 105 Å². The Balaban J connectivity index is 2.58. The lowest BCUT2D eigenvalue weighted by Gasteiger charge is -2.12. The molecule has 0 aliphatic rings. The summed E-state index contributed by atoms with van der Waals surface area (Å²) in [4.78, 5) is 0. The van der Waals surface area contributed by atoms with E-state index >= 15 is 0 Å². The molecule has 1 rings (SSSR count). The van der Waals surface area contributed by atoms with Gasteiger partial charge < -0.3 is 10.5 Å². The van der Waals surface area contributed by atoms with E-state index in [1.807, 2.05) is 6.92 Å². The van der Waals surface area contributed by atoms with Crippen molar-refractivity contribution in [2.75, 3.05) is 6.61 Å². The van der Waals surface area contributed by atoms with Crippen LogP contribution in [0.25, 0.3) is 0 Å². The van der Waals surface area contributed by atoms with E-state index in [0.717, 1.165) is 38.0 Å². The van der Waals surface area contributed by atoms with Crippen molar-refractivity contribution in [1.29, 1.82) is 0 Å². The Morgan fingerprint density at radius 1 is 1.29 bits per heavy atom. The smallest absolute Gasteiger partial charge is 0.122 e. The molecule has 1 unspecified atom stereocenters. The number of hydrogen-bond acceptors (Lipinski definition) is 2. The molecule has 0 heterocycles. The van der Waals surface area contributed by atoms with Gasteiger partial charge in [-0.05, 0) is 51.2 Å². The predicted octanol–water partition coefficient (Wildman–Crippen LogP) is 3.45. The molecule has 0 amide bonds. The summed E-state index contributed by atoms with van der Waals surface area (Å²) >= 11 is 0. The van der Waals surface area contributed by atoms with Crippen molar-refractivity contribution in [3.63, 3.8) is 0 Å². The quantitative estimate of drug-likeness (QED) is 0.785. The molecule has 96 valence electrons. The van der Waals surface area contributed by atoms with E-state index in [-0.39, 0.29) is 0 Å². The Morgan fingerprint density at radius 3 is 2.71 bits per heavy atom. The van der Waals surface area contributed by atoms with Crippen LogP contribution in [-0.2, 0) is 6.42 Å². The monoisotopic (exact) mass is 235 g/mol. The van der Waals surface area contributed by atoms with Crippen LogP contribution in [0.4, 0.5) is 0 Å². The fourth-order valence-electron chi connectivity index (χ4n) is 1.96. The second-order valence-corrected chi connectivity index (χ2v) is 4.60. The highest BCUT2D eigenvalue weighted by Gasteiger charge is 2.05. The minimum absolute atomic E-state index is 0.343. The molecular formula is C15H25NO. The van der Waals surface area contributed by atoms with E-state index in [0.29, 0.717) is 6.04 Å². The molecule has 0 bridgehead atoms. The molecular weight excluding hydrogens is 210 g/mol. The predicted molar refractivity (Wildman–Crippen MR) is 73.6 cm³/mol. The summed E-state index contributed by atoms with van der Waals surface area (Å²) in [6, 6.07) is 6.75. The largest absolute Gasteiger partial charge is 0.494 e. The highest BCUT2D eigenvalue weighted by molar-refractivity contribution is 5.37. The van der Waals surface area contributed by atoms with Crippen LogP contribution < -0.4 is 10.5 Å².